The van der Waals surface area contributed by atoms with Gasteiger partial charge in [0, 0.05) is 24.8 Å². The number of H-pyrrole nitrogens is 1. The molecule has 1 aliphatic rings. The largest absolute Gasteiger partial charge is 0.431 e. The topological polar surface area (TPSA) is 90.8 Å². The number of aromatic nitrogens is 5. The predicted octanol–water partition coefficient (Wildman–Crippen LogP) is 3.69. The summed E-state index contributed by atoms with van der Waals surface area (Å²) in [6.45, 7) is 0.207. The second kappa shape index (κ2) is 7.90. The first-order chi connectivity index (χ1) is 15.4. The van der Waals surface area contributed by atoms with Gasteiger partial charge < -0.3 is 10.0 Å². The van der Waals surface area contributed by atoms with E-state index in [0.717, 1.165) is 0 Å². The molecule has 2 aromatic heterocycles. The lowest BCUT2D eigenvalue weighted by Crippen LogP contribution is -2.53. The molecule has 3 heterocycles. The van der Waals surface area contributed by atoms with E-state index in [1.807, 2.05) is 0 Å². The van der Waals surface area contributed by atoms with Crippen LogP contribution in [0.2, 0.25) is 0 Å². The standard InChI is InChI=1S/C18H15F7N6OS/c19-11-4-2-1-3-10(11)15(13-27-29-30-28-13)5-7-31(8-6-15)14-26-9-12(33-14)16(32,17(20,21)22)18(23,24)25/h1-4,9,32H,5-8H2,(H,27,28,29,30). The van der Waals surface area contributed by atoms with Gasteiger partial charge in [-0.2, -0.15) is 31.6 Å². The molecule has 3 aromatic rings. The highest BCUT2D eigenvalue weighted by Crippen LogP contribution is 2.52. The second-order valence-corrected chi connectivity index (χ2v) is 8.51. The first kappa shape index (κ1) is 23.4. The van der Waals surface area contributed by atoms with Gasteiger partial charge >= 0.3 is 12.4 Å². The molecule has 178 valence electrons. The van der Waals surface area contributed by atoms with Crippen LogP contribution in [-0.4, -0.2) is 56.2 Å². The molecule has 0 spiro atoms. The van der Waals surface area contributed by atoms with Crippen molar-refractivity contribution in [3.63, 3.8) is 0 Å². The molecule has 33 heavy (non-hydrogen) atoms. The van der Waals surface area contributed by atoms with E-state index < -0.39 is 34.1 Å². The van der Waals surface area contributed by atoms with Crippen LogP contribution in [0.5, 0.6) is 0 Å². The Morgan fingerprint density at radius 2 is 1.67 bits per heavy atom. The normalized spacial score (nSPS) is 17.4. The molecule has 7 nitrogen and oxygen atoms in total. The number of aliphatic hydroxyl groups is 1. The highest BCUT2D eigenvalue weighted by molar-refractivity contribution is 7.15. The zero-order valence-electron chi connectivity index (χ0n) is 16.5. The van der Waals surface area contributed by atoms with Crippen molar-refractivity contribution in [2.75, 3.05) is 18.0 Å². The number of anilines is 1. The van der Waals surface area contributed by atoms with E-state index in [0.29, 0.717) is 11.8 Å². The SMILES string of the molecule is OC(c1cnc(N2CCC(c3nn[nH]n3)(c3ccccc3F)CC2)s1)(C(F)(F)F)C(F)(F)F. The minimum Gasteiger partial charge on any atom is -0.369 e. The van der Waals surface area contributed by atoms with E-state index in [1.165, 1.54) is 17.0 Å². The zero-order valence-corrected chi connectivity index (χ0v) is 17.3. The van der Waals surface area contributed by atoms with Gasteiger partial charge in [0.25, 0.3) is 5.60 Å². The molecule has 0 radical (unpaired) electrons. The Morgan fingerprint density at radius 1 is 1.03 bits per heavy atom. The van der Waals surface area contributed by atoms with E-state index in [-0.39, 0.29) is 48.2 Å². The maximum Gasteiger partial charge on any atom is 0.431 e. The maximum absolute atomic E-state index is 14.6. The molecule has 0 atom stereocenters. The Hall–Kier alpha value is -2.81. The summed E-state index contributed by atoms with van der Waals surface area (Å²) in [5, 5.41) is 23.3. The summed E-state index contributed by atoms with van der Waals surface area (Å²) >= 11 is 0.0976. The van der Waals surface area contributed by atoms with Crippen LogP contribution >= 0.6 is 11.3 Å². The van der Waals surface area contributed by atoms with Gasteiger partial charge in [-0.05, 0) is 18.9 Å². The summed E-state index contributed by atoms with van der Waals surface area (Å²) in [7, 11) is 0. The van der Waals surface area contributed by atoms with Gasteiger partial charge in [0.2, 0.25) is 0 Å². The molecule has 1 saturated heterocycles. The minimum absolute atomic E-state index is 0.0976. The van der Waals surface area contributed by atoms with Gasteiger partial charge in [0.05, 0.1) is 10.3 Å². The van der Waals surface area contributed by atoms with Crippen molar-refractivity contribution in [3.05, 3.63) is 52.5 Å². The number of hydrogen-bond acceptors (Lipinski definition) is 7. The Bertz CT molecular complexity index is 1090. The average molecular weight is 496 g/mol. The molecule has 0 unspecified atom stereocenters. The first-order valence-corrected chi connectivity index (χ1v) is 10.3. The molecule has 1 aliphatic heterocycles. The van der Waals surface area contributed by atoms with Gasteiger partial charge in [-0.1, -0.05) is 34.7 Å². The van der Waals surface area contributed by atoms with Crippen LogP contribution in [0.15, 0.2) is 30.5 Å². The van der Waals surface area contributed by atoms with E-state index in [1.54, 1.807) is 12.1 Å². The van der Waals surface area contributed by atoms with E-state index in [2.05, 4.69) is 25.6 Å². The second-order valence-electron chi connectivity index (χ2n) is 7.50. The number of hydrogen-bond donors (Lipinski definition) is 2. The van der Waals surface area contributed by atoms with Crippen LogP contribution in [0, 0.1) is 5.82 Å². The number of thiazole rings is 1. The number of benzene rings is 1. The van der Waals surface area contributed by atoms with Crippen molar-refractivity contribution >= 4 is 16.5 Å². The first-order valence-electron chi connectivity index (χ1n) is 9.46. The van der Waals surface area contributed by atoms with Crippen LogP contribution in [0.4, 0.5) is 35.9 Å². The van der Waals surface area contributed by atoms with E-state index in [9.17, 15) is 35.8 Å². The van der Waals surface area contributed by atoms with E-state index >= 15 is 0 Å². The highest BCUT2D eigenvalue weighted by atomic mass is 32.1. The molecule has 4 rings (SSSR count). The molecule has 0 bridgehead atoms. The monoisotopic (exact) mass is 496 g/mol. The van der Waals surface area contributed by atoms with Crippen molar-refractivity contribution in [1.29, 1.82) is 0 Å². The van der Waals surface area contributed by atoms with Crippen molar-refractivity contribution < 1.29 is 35.8 Å². The van der Waals surface area contributed by atoms with Gasteiger partial charge in [0.1, 0.15) is 5.82 Å². The van der Waals surface area contributed by atoms with Crippen molar-refractivity contribution in [2.24, 2.45) is 0 Å². The zero-order chi connectivity index (χ0) is 24.1. The van der Waals surface area contributed by atoms with Gasteiger partial charge in [-0.15, -0.1) is 10.2 Å². The quantitative estimate of drug-likeness (QED) is 0.536. The average Bonchev–Trinajstić information content (AvgIpc) is 3.45. The molecule has 0 aliphatic carbocycles. The number of piperidine rings is 1. The predicted molar refractivity (Wildman–Crippen MR) is 101 cm³/mol. The molecule has 15 heteroatoms. The van der Waals surface area contributed by atoms with Crippen LogP contribution in [0.25, 0.3) is 0 Å². The number of rotatable bonds is 4. The summed E-state index contributed by atoms with van der Waals surface area (Å²) in [5.74, 6) is -0.289. The molecular weight excluding hydrogens is 481 g/mol. The molecular formula is C18H15F7N6OS. The van der Waals surface area contributed by atoms with Gasteiger partial charge in [-0.3, -0.25) is 0 Å². The van der Waals surface area contributed by atoms with Crippen LogP contribution < -0.4 is 4.90 Å². The Balaban J connectivity index is 1.63. The summed E-state index contributed by atoms with van der Waals surface area (Å²) < 4.78 is 93.6. The molecule has 0 amide bonds. The molecule has 2 N–H and O–H groups in total. The van der Waals surface area contributed by atoms with Gasteiger partial charge in [0.15, 0.2) is 11.0 Å². The summed E-state index contributed by atoms with van der Waals surface area (Å²) in [6.07, 6.45) is -11.2. The van der Waals surface area contributed by atoms with Crippen molar-refractivity contribution in [3.8, 4) is 0 Å². The fourth-order valence-electron chi connectivity index (χ4n) is 3.93. The number of nitrogens with zero attached hydrogens (tertiary/aromatic N) is 5. The third kappa shape index (κ3) is 3.72. The van der Waals surface area contributed by atoms with Gasteiger partial charge in [-0.25, -0.2) is 9.37 Å². The Labute approximate surface area is 185 Å². The Morgan fingerprint density at radius 3 is 2.21 bits per heavy atom. The summed E-state index contributed by atoms with van der Waals surface area (Å²) in [5.41, 5.74) is -5.74. The molecule has 1 fully saturated rings. The third-order valence-electron chi connectivity index (χ3n) is 5.72. The summed E-state index contributed by atoms with van der Waals surface area (Å²) in [6, 6.07) is 5.98. The molecule has 1 aromatic carbocycles. The summed E-state index contributed by atoms with van der Waals surface area (Å²) in [4.78, 5) is 3.78. The lowest BCUT2D eigenvalue weighted by Gasteiger charge is -2.40. The van der Waals surface area contributed by atoms with E-state index in [4.69, 9.17) is 0 Å². The lowest BCUT2D eigenvalue weighted by atomic mass is 9.72. The number of alkyl halides is 6. The fourth-order valence-corrected chi connectivity index (χ4v) is 5.02. The Kier molecular flexibility index (Phi) is 5.59. The highest BCUT2D eigenvalue weighted by Gasteiger charge is 2.72. The number of halogens is 7. The smallest absolute Gasteiger partial charge is 0.369 e. The van der Waals surface area contributed by atoms with Crippen molar-refractivity contribution in [2.45, 2.75) is 36.2 Å². The van der Waals surface area contributed by atoms with Crippen molar-refractivity contribution in [1.82, 2.24) is 25.6 Å². The number of aromatic amines is 1. The van der Waals surface area contributed by atoms with Crippen LogP contribution in [-0.2, 0) is 11.0 Å². The third-order valence-corrected chi connectivity index (χ3v) is 6.89. The molecule has 0 saturated carbocycles. The number of nitrogens with one attached hydrogen (secondary N) is 1. The fraction of sp³-hybridized carbons (Fsp3) is 0.444. The lowest BCUT2D eigenvalue weighted by molar-refractivity contribution is -0.375. The maximum atomic E-state index is 14.6. The van der Waals surface area contributed by atoms with Crippen LogP contribution in [0.3, 0.4) is 0 Å². The number of tetrazole rings is 1. The minimum atomic E-state index is -5.99. The van der Waals surface area contributed by atoms with Crippen LogP contribution in [0.1, 0.15) is 29.1 Å².